The van der Waals surface area contributed by atoms with Crippen molar-refractivity contribution in [3.05, 3.63) is 90.3 Å². The van der Waals surface area contributed by atoms with Gasteiger partial charge >= 0.3 is 0 Å². The van der Waals surface area contributed by atoms with Crippen molar-refractivity contribution in [2.45, 2.75) is 25.0 Å². The maximum atomic E-state index is 14.6. The van der Waals surface area contributed by atoms with E-state index in [1.807, 2.05) is 0 Å². The molecule has 0 amide bonds. The maximum absolute atomic E-state index is 14.6. The number of hydrogen-bond donors (Lipinski definition) is 1. The van der Waals surface area contributed by atoms with Crippen LogP contribution in [0.5, 0.6) is 0 Å². The van der Waals surface area contributed by atoms with Crippen molar-refractivity contribution < 1.29 is 13.9 Å². The summed E-state index contributed by atoms with van der Waals surface area (Å²) >= 11 is 0. The number of benzene rings is 2. The van der Waals surface area contributed by atoms with Gasteiger partial charge < -0.3 is 5.11 Å². The molecule has 7 nitrogen and oxygen atoms in total. The Morgan fingerprint density at radius 1 is 1.14 bits per heavy atom. The van der Waals surface area contributed by atoms with Crippen LogP contribution in [0, 0.1) is 11.6 Å². The largest absolute Gasteiger partial charge is 0.385 e. The molecule has 2 aromatic heterocycles. The average molecular weight is 396 g/mol. The molecule has 0 aliphatic carbocycles. The Labute approximate surface area is 165 Å². The van der Waals surface area contributed by atoms with Crippen molar-refractivity contribution in [3.63, 3.8) is 0 Å². The van der Waals surface area contributed by atoms with E-state index in [1.165, 1.54) is 29.5 Å². The molecule has 2 aromatic carbocycles. The lowest BCUT2D eigenvalue weighted by Gasteiger charge is -2.34. The smallest absolute Gasteiger partial charge is 0.137 e. The second-order valence-electron chi connectivity index (χ2n) is 6.88. The second-order valence-corrected chi connectivity index (χ2v) is 6.88. The number of rotatable bonds is 6. The number of aromatic nitrogens is 6. The summed E-state index contributed by atoms with van der Waals surface area (Å²) in [4.78, 5) is 3.90. The summed E-state index contributed by atoms with van der Waals surface area (Å²) in [7, 11) is 0. The highest BCUT2D eigenvalue weighted by molar-refractivity contribution is 5.38. The van der Waals surface area contributed by atoms with Crippen LogP contribution in [-0.2, 0) is 12.1 Å². The van der Waals surface area contributed by atoms with E-state index in [9.17, 15) is 13.9 Å². The van der Waals surface area contributed by atoms with Crippen LogP contribution in [0.1, 0.15) is 24.0 Å². The Morgan fingerprint density at radius 2 is 1.93 bits per heavy atom. The summed E-state index contributed by atoms with van der Waals surface area (Å²) in [5.41, 5.74) is 0.0382. The molecule has 0 aliphatic heterocycles. The van der Waals surface area contributed by atoms with Crippen LogP contribution in [0.3, 0.4) is 0 Å². The van der Waals surface area contributed by atoms with Crippen LogP contribution in [0.2, 0.25) is 0 Å². The highest BCUT2D eigenvalue weighted by Gasteiger charge is 2.37. The molecule has 0 saturated carbocycles. The van der Waals surface area contributed by atoms with Crippen LogP contribution >= 0.6 is 0 Å². The summed E-state index contributed by atoms with van der Waals surface area (Å²) in [6.45, 7) is 1.75. The SMILES string of the molecule is CC(O)(c1ccc(-n2ccnn2)cc1)C(Cn1cncn1)c1ccc(F)cc1F. The van der Waals surface area contributed by atoms with Gasteiger partial charge in [-0.05, 0) is 36.2 Å². The van der Waals surface area contributed by atoms with Gasteiger partial charge in [0.05, 0.1) is 30.2 Å². The molecule has 2 unspecified atom stereocenters. The van der Waals surface area contributed by atoms with E-state index in [0.717, 1.165) is 11.8 Å². The monoisotopic (exact) mass is 396 g/mol. The quantitative estimate of drug-likeness (QED) is 0.542. The first-order valence-corrected chi connectivity index (χ1v) is 8.92. The lowest BCUT2D eigenvalue weighted by atomic mass is 9.78. The summed E-state index contributed by atoms with van der Waals surface area (Å²) < 4.78 is 31.1. The molecule has 0 fully saturated rings. The van der Waals surface area contributed by atoms with Crippen molar-refractivity contribution >= 4 is 0 Å². The molecule has 0 spiro atoms. The van der Waals surface area contributed by atoms with Crippen molar-refractivity contribution in [2.75, 3.05) is 0 Å². The van der Waals surface area contributed by atoms with Crippen molar-refractivity contribution in [2.24, 2.45) is 0 Å². The zero-order chi connectivity index (χ0) is 20.4. The van der Waals surface area contributed by atoms with Gasteiger partial charge in [-0.15, -0.1) is 5.10 Å². The topological polar surface area (TPSA) is 81.6 Å². The Bertz CT molecular complexity index is 1080. The lowest BCUT2D eigenvalue weighted by Crippen LogP contribution is -2.34. The molecule has 2 heterocycles. The van der Waals surface area contributed by atoms with E-state index in [2.05, 4.69) is 20.4 Å². The fraction of sp³-hybridized carbons (Fsp3) is 0.200. The first-order chi connectivity index (χ1) is 13.9. The van der Waals surface area contributed by atoms with Crippen molar-refractivity contribution in [1.82, 2.24) is 29.8 Å². The third-order valence-electron chi connectivity index (χ3n) is 4.99. The molecule has 4 rings (SSSR count). The summed E-state index contributed by atoms with van der Waals surface area (Å²) in [5.74, 6) is -2.15. The normalized spacial score (nSPS) is 14.5. The van der Waals surface area contributed by atoms with E-state index in [-0.39, 0.29) is 12.1 Å². The van der Waals surface area contributed by atoms with E-state index in [1.54, 1.807) is 48.3 Å². The van der Waals surface area contributed by atoms with Gasteiger partial charge in [-0.25, -0.2) is 18.4 Å². The van der Waals surface area contributed by atoms with Gasteiger partial charge in [0.15, 0.2) is 0 Å². The Morgan fingerprint density at radius 3 is 2.55 bits per heavy atom. The summed E-state index contributed by atoms with van der Waals surface area (Å²) in [6.07, 6.45) is 6.11. The average Bonchev–Trinajstić information content (AvgIpc) is 3.41. The molecule has 2 atom stereocenters. The summed E-state index contributed by atoms with van der Waals surface area (Å²) in [6, 6.07) is 10.4. The Hall–Kier alpha value is -3.46. The zero-order valence-corrected chi connectivity index (χ0v) is 15.5. The van der Waals surface area contributed by atoms with Crippen LogP contribution in [0.4, 0.5) is 8.78 Å². The third-order valence-corrected chi connectivity index (χ3v) is 4.99. The van der Waals surface area contributed by atoms with E-state index in [0.29, 0.717) is 5.56 Å². The number of hydrogen-bond acceptors (Lipinski definition) is 5. The van der Waals surface area contributed by atoms with Crippen LogP contribution in [0.15, 0.2) is 67.5 Å². The molecular formula is C20H18F2N6O. The fourth-order valence-corrected chi connectivity index (χ4v) is 3.38. The molecule has 0 radical (unpaired) electrons. The molecule has 1 N–H and O–H groups in total. The molecule has 0 saturated heterocycles. The fourth-order valence-electron chi connectivity index (χ4n) is 3.38. The zero-order valence-electron chi connectivity index (χ0n) is 15.5. The van der Waals surface area contributed by atoms with Gasteiger partial charge in [0, 0.05) is 12.0 Å². The highest BCUT2D eigenvalue weighted by Crippen LogP contribution is 2.39. The minimum Gasteiger partial charge on any atom is -0.385 e. The molecule has 9 heteroatoms. The predicted octanol–water partition coefficient (Wildman–Crippen LogP) is 2.83. The van der Waals surface area contributed by atoms with Gasteiger partial charge in [-0.1, -0.05) is 23.4 Å². The van der Waals surface area contributed by atoms with Gasteiger partial charge in [-0.2, -0.15) is 5.10 Å². The van der Waals surface area contributed by atoms with Crippen LogP contribution in [-0.4, -0.2) is 34.9 Å². The number of halogens is 2. The molecule has 0 bridgehead atoms. The minimum absolute atomic E-state index is 0.153. The van der Waals surface area contributed by atoms with E-state index >= 15 is 0 Å². The first kappa shape index (κ1) is 18.9. The third kappa shape index (κ3) is 3.77. The minimum atomic E-state index is -1.48. The van der Waals surface area contributed by atoms with Gasteiger partial charge in [0.1, 0.15) is 24.3 Å². The van der Waals surface area contributed by atoms with Crippen molar-refractivity contribution in [1.29, 1.82) is 0 Å². The number of aliphatic hydroxyl groups is 1. The molecule has 148 valence electrons. The molecular weight excluding hydrogens is 378 g/mol. The molecule has 29 heavy (non-hydrogen) atoms. The Kier molecular flexibility index (Phi) is 4.89. The Balaban J connectivity index is 1.73. The van der Waals surface area contributed by atoms with Gasteiger partial charge in [-0.3, -0.25) is 4.68 Å². The van der Waals surface area contributed by atoms with Crippen molar-refractivity contribution in [3.8, 4) is 5.69 Å². The summed E-state index contributed by atoms with van der Waals surface area (Å²) in [5, 5.41) is 23.2. The molecule has 4 aromatic rings. The van der Waals surface area contributed by atoms with Gasteiger partial charge in [0.2, 0.25) is 0 Å². The molecule has 0 aliphatic rings. The van der Waals surface area contributed by atoms with Gasteiger partial charge in [0.25, 0.3) is 0 Å². The van der Waals surface area contributed by atoms with E-state index < -0.39 is 23.2 Å². The highest BCUT2D eigenvalue weighted by atomic mass is 19.1. The second kappa shape index (κ2) is 7.51. The first-order valence-electron chi connectivity index (χ1n) is 8.92. The standard InChI is InChI=1S/C20H18F2N6O/c1-20(29,14-2-5-16(6-3-14)28-9-8-24-26-28)18(11-27-13-23-12-25-27)17-7-4-15(21)10-19(17)22/h2-10,12-13,18,29H,11H2,1H3. The van der Waals surface area contributed by atoms with Crippen LogP contribution < -0.4 is 0 Å². The van der Waals surface area contributed by atoms with Crippen LogP contribution in [0.25, 0.3) is 5.69 Å². The van der Waals surface area contributed by atoms with E-state index in [4.69, 9.17) is 0 Å². The predicted molar refractivity (Wildman–Crippen MR) is 100 cm³/mol. The maximum Gasteiger partial charge on any atom is 0.137 e. The lowest BCUT2D eigenvalue weighted by molar-refractivity contribution is 0.0178. The number of nitrogens with zero attached hydrogens (tertiary/aromatic N) is 6.